The second kappa shape index (κ2) is 6.77. The number of hydrogen-bond acceptors (Lipinski definition) is 4. The average Bonchev–Trinajstić information content (AvgIpc) is 2.78. The summed E-state index contributed by atoms with van der Waals surface area (Å²) in [6.07, 6.45) is 5.28. The Kier molecular flexibility index (Phi) is 5.46. The van der Waals surface area contributed by atoms with Gasteiger partial charge in [-0.15, -0.1) is 11.3 Å². The Balaban J connectivity index is 2.17. The van der Waals surface area contributed by atoms with Crippen LogP contribution in [0.4, 0.5) is 0 Å². The molecule has 1 aliphatic carbocycles. The van der Waals surface area contributed by atoms with Crippen LogP contribution in [0.3, 0.4) is 0 Å². The van der Waals surface area contributed by atoms with Crippen LogP contribution in [0.1, 0.15) is 55.7 Å². The van der Waals surface area contributed by atoms with E-state index in [2.05, 4.69) is 10.0 Å². The van der Waals surface area contributed by atoms with Gasteiger partial charge in [0, 0.05) is 21.8 Å². The minimum absolute atomic E-state index is 0.284. The summed E-state index contributed by atoms with van der Waals surface area (Å²) >= 11 is 1.56. The van der Waals surface area contributed by atoms with Gasteiger partial charge in [-0.3, -0.25) is 0 Å². The largest absolute Gasteiger partial charge is 0.312 e. The molecule has 6 heteroatoms. The van der Waals surface area contributed by atoms with Crippen molar-refractivity contribution in [1.29, 1.82) is 0 Å². The van der Waals surface area contributed by atoms with E-state index in [1.807, 2.05) is 26.8 Å². The molecular formula is C15H26N2O2S2. The van der Waals surface area contributed by atoms with Crippen molar-refractivity contribution in [2.24, 2.45) is 0 Å². The lowest BCUT2D eigenvalue weighted by Gasteiger charge is -2.34. The van der Waals surface area contributed by atoms with Crippen LogP contribution in [-0.4, -0.2) is 20.5 Å². The zero-order valence-electron chi connectivity index (χ0n) is 13.2. The second-order valence-corrected chi connectivity index (χ2v) is 9.13. The fraction of sp³-hybridized carbons (Fsp3) is 0.733. The van der Waals surface area contributed by atoms with E-state index in [0.29, 0.717) is 4.90 Å². The molecule has 21 heavy (non-hydrogen) atoms. The zero-order valence-corrected chi connectivity index (χ0v) is 14.8. The molecule has 0 aromatic carbocycles. The van der Waals surface area contributed by atoms with Gasteiger partial charge in [-0.1, -0.05) is 26.2 Å². The highest BCUT2D eigenvalue weighted by Gasteiger charge is 2.33. The minimum atomic E-state index is -3.42. The van der Waals surface area contributed by atoms with Crippen LogP contribution < -0.4 is 10.0 Å². The number of sulfonamides is 1. The van der Waals surface area contributed by atoms with E-state index in [4.69, 9.17) is 0 Å². The highest BCUT2D eigenvalue weighted by Crippen LogP contribution is 2.31. The summed E-state index contributed by atoms with van der Waals surface area (Å²) in [6, 6.07) is 1.82. The number of thiophene rings is 1. The molecule has 120 valence electrons. The van der Waals surface area contributed by atoms with Gasteiger partial charge >= 0.3 is 0 Å². The van der Waals surface area contributed by atoms with Crippen LogP contribution in [0.25, 0.3) is 0 Å². The van der Waals surface area contributed by atoms with E-state index in [9.17, 15) is 8.42 Å². The molecule has 1 heterocycles. The van der Waals surface area contributed by atoms with Crippen molar-refractivity contribution >= 4 is 21.4 Å². The molecule has 0 bridgehead atoms. The molecule has 0 saturated heterocycles. The van der Waals surface area contributed by atoms with Crippen LogP contribution in [-0.2, 0) is 16.6 Å². The minimum Gasteiger partial charge on any atom is -0.312 e. The summed E-state index contributed by atoms with van der Waals surface area (Å²) in [6.45, 7) is 7.58. The Hall–Kier alpha value is -0.430. The maximum atomic E-state index is 12.7. The Labute approximate surface area is 132 Å². The quantitative estimate of drug-likeness (QED) is 0.842. The van der Waals surface area contributed by atoms with Crippen LogP contribution in [0, 0.1) is 6.92 Å². The second-order valence-electron chi connectivity index (χ2n) is 6.14. The van der Waals surface area contributed by atoms with Gasteiger partial charge in [-0.05, 0) is 39.3 Å². The molecule has 2 rings (SSSR count). The van der Waals surface area contributed by atoms with Gasteiger partial charge in [-0.2, -0.15) is 0 Å². The van der Waals surface area contributed by atoms with Crippen molar-refractivity contribution in [3.8, 4) is 0 Å². The van der Waals surface area contributed by atoms with Crippen molar-refractivity contribution in [3.05, 3.63) is 15.8 Å². The monoisotopic (exact) mass is 330 g/mol. The molecule has 0 unspecified atom stereocenters. The fourth-order valence-electron chi connectivity index (χ4n) is 2.94. The van der Waals surface area contributed by atoms with Crippen molar-refractivity contribution in [3.63, 3.8) is 0 Å². The number of nitrogens with one attached hydrogen (secondary N) is 2. The van der Waals surface area contributed by atoms with Gasteiger partial charge < -0.3 is 5.32 Å². The molecule has 0 amide bonds. The first kappa shape index (κ1) is 16.9. The van der Waals surface area contributed by atoms with Crippen molar-refractivity contribution in [2.45, 2.75) is 69.9 Å². The third kappa shape index (κ3) is 4.28. The number of rotatable bonds is 6. The van der Waals surface area contributed by atoms with Gasteiger partial charge in [-0.25, -0.2) is 13.1 Å². The first-order chi connectivity index (χ1) is 9.86. The SMILES string of the molecule is CCNCc1cc(S(=O)(=O)NC2(C)CCCCC2)c(C)s1. The van der Waals surface area contributed by atoms with Crippen LogP contribution >= 0.6 is 11.3 Å². The van der Waals surface area contributed by atoms with E-state index >= 15 is 0 Å². The lowest BCUT2D eigenvalue weighted by atomic mass is 9.84. The summed E-state index contributed by atoms with van der Waals surface area (Å²) in [5.74, 6) is 0. The van der Waals surface area contributed by atoms with Crippen LogP contribution in [0.5, 0.6) is 0 Å². The molecule has 1 aromatic heterocycles. The smallest absolute Gasteiger partial charge is 0.242 e. The summed E-state index contributed by atoms with van der Waals surface area (Å²) in [5.41, 5.74) is -0.284. The molecule has 1 aromatic rings. The Morgan fingerprint density at radius 2 is 1.95 bits per heavy atom. The van der Waals surface area contributed by atoms with Crippen LogP contribution in [0.2, 0.25) is 0 Å². The lowest BCUT2D eigenvalue weighted by molar-refractivity contribution is 0.294. The molecule has 0 radical (unpaired) electrons. The van der Waals surface area contributed by atoms with Crippen molar-refractivity contribution < 1.29 is 8.42 Å². The zero-order chi connectivity index (χ0) is 15.5. The molecule has 0 aliphatic heterocycles. The molecule has 1 saturated carbocycles. The lowest BCUT2D eigenvalue weighted by Crippen LogP contribution is -2.47. The maximum Gasteiger partial charge on any atom is 0.242 e. The molecular weight excluding hydrogens is 304 g/mol. The van der Waals surface area contributed by atoms with Gasteiger partial charge in [0.2, 0.25) is 10.0 Å². The Morgan fingerprint density at radius 3 is 2.57 bits per heavy atom. The van der Waals surface area contributed by atoms with E-state index < -0.39 is 10.0 Å². The molecule has 0 spiro atoms. The first-order valence-electron chi connectivity index (χ1n) is 7.70. The topological polar surface area (TPSA) is 58.2 Å². The summed E-state index contributed by atoms with van der Waals surface area (Å²) in [5, 5.41) is 3.24. The first-order valence-corrected chi connectivity index (χ1v) is 10.0. The molecule has 0 atom stereocenters. The van der Waals surface area contributed by atoms with E-state index in [1.165, 1.54) is 6.42 Å². The van der Waals surface area contributed by atoms with Gasteiger partial charge in [0.15, 0.2) is 0 Å². The van der Waals surface area contributed by atoms with E-state index in [0.717, 1.165) is 48.5 Å². The Bertz CT molecular complexity index is 572. The van der Waals surface area contributed by atoms with Crippen LogP contribution in [0.15, 0.2) is 11.0 Å². The third-order valence-electron chi connectivity index (χ3n) is 4.10. The Morgan fingerprint density at radius 1 is 1.29 bits per heavy atom. The van der Waals surface area contributed by atoms with E-state index in [1.54, 1.807) is 11.3 Å². The van der Waals surface area contributed by atoms with Gasteiger partial charge in [0.05, 0.1) is 4.90 Å². The highest BCUT2D eigenvalue weighted by molar-refractivity contribution is 7.89. The average molecular weight is 331 g/mol. The van der Waals surface area contributed by atoms with Crippen molar-refractivity contribution in [2.75, 3.05) is 6.54 Å². The summed E-state index contributed by atoms with van der Waals surface area (Å²) in [4.78, 5) is 2.39. The standard InChI is InChI=1S/C15H26N2O2S2/c1-4-16-11-13-10-14(12(2)20-13)21(18,19)17-15(3)8-6-5-7-9-15/h10,16-17H,4-9,11H2,1-3H3. The maximum absolute atomic E-state index is 12.7. The summed E-state index contributed by atoms with van der Waals surface area (Å²) < 4.78 is 28.3. The normalized spacial score (nSPS) is 18.8. The van der Waals surface area contributed by atoms with Gasteiger partial charge in [0.1, 0.15) is 0 Å². The van der Waals surface area contributed by atoms with E-state index in [-0.39, 0.29) is 5.54 Å². The fourth-order valence-corrected chi connectivity index (χ4v) is 6.01. The molecule has 1 aliphatic rings. The highest BCUT2D eigenvalue weighted by atomic mass is 32.2. The molecule has 2 N–H and O–H groups in total. The van der Waals surface area contributed by atoms with Crippen molar-refractivity contribution in [1.82, 2.24) is 10.0 Å². The third-order valence-corrected chi connectivity index (χ3v) is 7.04. The molecule has 4 nitrogen and oxygen atoms in total. The summed E-state index contributed by atoms with van der Waals surface area (Å²) in [7, 11) is -3.42. The number of aryl methyl sites for hydroxylation is 1. The molecule has 1 fully saturated rings. The number of hydrogen-bond donors (Lipinski definition) is 2. The van der Waals surface area contributed by atoms with Gasteiger partial charge in [0.25, 0.3) is 0 Å². The predicted molar refractivity (Wildman–Crippen MR) is 88.2 cm³/mol. The predicted octanol–water partition coefficient (Wildman–Crippen LogP) is 3.17.